The maximum absolute atomic E-state index is 7.64. The maximum Gasteiger partial charge on any atom is 0.235 e. The van der Waals surface area contributed by atoms with Crippen LogP contribution in [0.4, 0.5) is 5.69 Å². The van der Waals surface area contributed by atoms with Crippen molar-refractivity contribution < 1.29 is 53.8 Å². The lowest BCUT2D eigenvalue weighted by Gasteiger charge is -2.45. The SMILES string of the molecule is CC1(C)COC2(CCN(CCCNc3ccnc4cc(Cl)ccc34)CC2)OO1.OOOOPOOPOO. The van der Waals surface area contributed by atoms with Crippen molar-refractivity contribution in [1.82, 2.24) is 9.88 Å². The van der Waals surface area contributed by atoms with Crippen LogP contribution in [-0.4, -0.2) is 64.6 Å². The highest BCUT2D eigenvalue weighted by Gasteiger charge is 2.44. The lowest BCUT2D eigenvalue weighted by Crippen LogP contribution is -2.54. The molecular weight excluding hydrogens is 568 g/mol. The second-order valence-corrected chi connectivity index (χ2v) is 10.4. The summed E-state index contributed by atoms with van der Waals surface area (Å²) in [4.78, 5) is 18.0. The second-order valence-electron chi connectivity index (χ2n) is 8.92. The van der Waals surface area contributed by atoms with E-state index in [0.29, 0.717) is 11.6 Å². The number of aromatic nitrogens is 1. The molecule has 0 radical (unpaired) electrons. The van der Waals surface area contributed by atoms with E-state index in [2.05, 4.69) is 44.0 Å². The first-order chi connectivity index (χ1) is 18.4. The lowest BCUT2D eigenvalue weighted by atomic mass is 10.0. The summed E-state index contributed by atoms with van der Waals surface area (Å²) in [6.07, 6.45) is 4.56. The van der Waals surface area contributed by atoms with Crippen molar-refractivity contribution >= 4 is 46.3 Å². The monoisotopic (exact) mass is 599 g/mol. The average molecular weight is 600 g/mol. The molecule has 2 atom stereocenters. The Morgan fingerprint density at radius 2 is 1.89 bits per heavy atom. The molecule has 14 nitrogen and oxygen atoms in total. The fourth-order valence-corrected chi connectivity index (χ4v) is 4.34. The van der Waals surface area contributed by atoms with E-state index < -0.39 is 23.9 Å². The van der Waals surface area contributed by atoms with Crippen LogP contribution in [0.2, 0.25) is 5.02 Å². The Balaban J connectivity index is 0.000000342. The molecule has 0 bridgehead atoms. The highest BCUT2D eigenvalue weighted by molar-refractivity contribution is 7.28. The first-order valence-corrected chi connectivity index (χ1v) is 13.7. The standard InChI is InChI=1S/C21H28ClN3O3.H4O8P2/c1-20(2)15-26-21(28-27-20)7-12-25(13-8-21)11-3-9-23-18-6-10-24-19-14-16(22)4-5-17(18)19;1-3-5-6-10-8-7-9-4-2/h4-6,10,14H,3,7-9,11-13,15H2,1-2H3,(H,23,24);1-2,9-10H. The Hall–Kier alpha value is -0.900. The van der Waals surface area contributed by atoms with Gasteiger partial charge in [0.25, 0.3) is 0 Å². The Labute approximate surface area is 228 Å². The summed E-state index contributed by atoms with van der Waals surface area (Å²) < 4.78 is 21.5. The van der Waals surface area contributed by atoms with Crippen LogP contribution in [0, 0.1) is 0 Å². The minimum absolute atomic E-state index is 0.365. The molecule has 0 amide bonds. The van der Waals surface area contributed by atoms with Gasteiger partial charge in [-0.2, -0.15) is 18.7 Å². The summed E-state index contributed by atoms with van der Waals surface area (Å²) in [6.45, 7) is 8.39. The first kappa shape index (κ1) is 31.6. The van der Waals surface area contributed by atoms with Gasteiger partial charge in [-0.15, -0.1) is 0 Å². The van der Waals surface area contributed by atoms with Crippen molar-refractivity contribution in [3.05, 3.63) is 35.5 Å². The molecule has 2 unspecified atom stereocenters. The number of piperidine rings is 1. The molecule has 2 aromatic rings. The number of pyridine rings is 1. The van der Waals surface area contributed by atoms with Crippen LogP contribution >= 0.6 is 29.7 Å². The molecule has 1 aromatic carbocycles. The number of halogens is 1. The van der Waals surface area contributed by atoms with Gasteiger partial charge in [-0.25, -0.2) is 20.3 Å². The predicted octanol–water partition coefficient (Wildman–Crippen LogP) is 5.03. The molecule has 2 fully saturated rings. The van der Waals surface area contributed by atoms with Crippen molar-refractivity contribution in [2.75, 3.05) is 38.1 Å². The second kappa shape index (κ2) is 16.4. The van der Waals surface area contributed by atoms with Crippen LogP contribution < -0.4 is 5.32 Å². The molecule has 2 aliphatic rings. The number of rotatable bonds is 12. The molecule has 1 aromatic heterocycles. The first-order valence-electron chi connectivity index (χ1n) is 11.6. The Morgan fingerprint density at radius 3 is 2.61 bits per heavy atom. The zero-order valence-corrected chi connectivity index (χ0v) is 23.6. The summed E-state index contributed by atoms with van der Waals surface area (Å²) in [5.74, 6) is -0.554. The molecule has 2 saturated heterocycles. The predicted molar refractivity (Wildman–Crippen MR) is 139 cm³/mol. The number of anilines is 1. The van der Waals surface area contributed by atoms with Crippen molar-refractivity contribution in [2.24, 2.45) is 0 Å². The lowest BCUT2D eigenvalue weighted by molar-refractivity contribution is -0.594. The molecule has 214 valence electrons. The van der Waals surface area contributed by atoms with E-state index in [1.54, 1.807) is 0 Å². The Kier molecular flexibility index (Phi) is 13.6. The van der Waals surface area contributed by atoms with Gasteiger partial charge in [0.2, 0.25) is 23.9 Å². The number of ether oxygens (including phenoxy) is 1. The van der Waals surface area contributed by atoms with Gasteiger partial charge in [-0.1, -0.05) is 11.6 Å². The van der Waals surface area contributed by atoms with Crippen LogP contribution in [0.25, 0.3) is 10.9 Å². The van der Waals surface area contributed by atoms with Gasteiger partial charge < -0.3 is 15.0 Å². The van der Waals surface area contributed by atoms with Gasteiger partial charge in [0, 0.05) is 54.8 Å². The zero-order valence-electron chi connectivity index (χ0n) is 20.9. The van der Waals surface area contributed by atoms with Crippen LogP contribution in [0.5, 0.6) is 0 Å². The third-order valence-corrected chi connectivity index (χ3v) is 6.55. The molecule has 1 spiro atoms. The molecule has 3 heterocycles. The van der Waals surface area contributed by atoms with Crippen molar-refractivity contribution in [2.45, 2.75) is 44.5 Å². The molecule has 0 aliphatic carbocycles. The fourth-order valence-electron chi connectivity index (χ4n) is 3.78. The van der Waals surface area contributed by atoms with E-state index in [-0.39, 0.29) is 5.60 Å². The number of hydrogen-bond acceptors (Lipinski definition) is 14. The van der Waals surface area contributed by atoms with Gasteiger partial charge in [0.05, 0.1) is 12.1 Å². The number of fused-ring (bicyclic) bond motifs is 1. The average Bonchev–Trinajstić information content (AvgIpc) is 2.92. The topological polar surface area (TPSA) is 152 Å². The Morgan fingerprint density at radius 1 is 1.11 bits per heavy atom. The third-order valence-electron chi connectivity index (χ3n) is 5.64. The smallest absolute Gasteiger partial charge is 0.235 e. The van der Waals surface area contributed by atoms with Gasteiger partial charge in [-0.05, 0) is 61.2 Å². The summed E-state index contributed by atoms with van der Waals surface area (Å²) in [6, 6.07) is 7.83. The van der Waals surface area contributed by atoms with Crippen molar-refractivity contribution in [3.8, 4) is 0 Å². The number of nitrogens with one attached hydrogen (secondary N) is 1. The summed E-state index contributed by atoms with van der Waals surface area (Å²) in [5.41, 5.74) is 1.65. The fraction of sp³-hybridized carbons (Fsp3) is 0.571. The summed E-state index contributed by atoms with van der Waals surface area (Å²) >= 11 is 6.06. The molecule has 38 heavy (non-hydrogen) atoms. The van der Waals surface area contributed by atoms with Gasteiger partial charge in [0.1, 0.15) is 5.60 Å². The minimum atomic E-state index is -0.672. The van der Waals surface area contributed by atoms with Crippen LogP contribution in [0.1, 0.15) is 33.1 Å². The Bertz CT molecular complexity index is 953. The number of nitrogens with zero attached hydrogens (tertiary/aromatic N) is 2. The van der Waals surface area contributed by atoms with E-state index in [4.69, 9.17) is 36.6 Å². The zero-order chi connectivity index (χ0) is 27.3. The summed E-state index contributed by atoms with van der Waals surface area (Å²) in [7, 11) is -1.34. The van der Waals surface area contributed by atoms with E-state index in [0.717, 1.165) is 62.0 Å². The largest absolute Gasteiger partial charge is 0.384 e. The summed E-state index contributed by atoms with van der Waals surface area (Å²) in [5, 5.41) is 26.9. The number of benzene rings is 1. The molecule has 3 N–H and O–H groups in total. The number of hydrogen-bond donors (Lipinski definition) is 3. The normalized spacial score (nSPS) is 19.4. The molecule has 17 heteroatoms. The van der Waals surface area contributed by atoms with Crippen molar-refractivity contribution in [3.63, 3.8) is 0 Å². The highest BCUT2D eigenvalue weighted by atomic mass is 35.5. The number of likely N-dealkylation sites (tertiary alicyclic amines) is 1. The van der Waals surface area contributed by atoms with E-state index >= 15 is 0 Å². The maximum atomic E-state index is 7.64. The van der Waals surface area contributed by atoms with E-state index in [9.17, 15) is 0 Å². The van der Waals surface area contributed by atoms with Gasteiger partial charge in [-0.3, -0.25) is 4.98 Å². The molecule has 0 saturated carbocycles. The third kappa shape index (κ3) is 10.6. The van der Waals surface area contributed by atoms with Gasteiger partial charge in [0.15, 0.2) is 0 Å². The van der Waals surface area contributed by atoms with Gasteiger partial charge >= 0.3 is 0 Å². The molecule has 4 rings (SSSR count). The van der Waals surface area contributed by atoms with Crippen LogP contribution in [0.15, 0.2) is 30.5 Å². The van der Waals surface area contributed by atoms with Crippen molar-refractivity contribution in [1.29, 1.82) is 0 Å². The highest BCUT2D eigenvalue weighted by Crippen LogP contribution is 2.34. The molecular formula is C21H32ClN3O11P2. The van der Waals surface area contributed by atoms with E-state index in [1.165, 1.54) is 0 Å². The van der Waals surface area contributed by atoms with Crippen LogP contribution in [0.3, 0.4) is 0 Å². The minimum Gasteiger partial charge on any atom is -0.384 e. The molecule has 2 aliphatic heterocycles. The van der Waals surface area contributed by atoms with Crippen LogP contribution in [-0.2, 0) is 43.3 Å². The quantitative estimate of drug-likeness (QED) is 0.129. The van der Waals surface area contributed by atoms with E-state index in [1.807, 2.05) is 44.3 Å².